The molecule has 0 radical (unpaired) electrons. The van der Waals surface area contributed by atoms with Gasteiger partial charge in [0.25, 0.3) is 0 Å². The Morgan fingerprint density at radius 2 is 1.05 bits per heavy atom. The van der Waals surface area contributed by atoms with Crippen molar-refractivity contribution in [3.05, 3.63) is 72.9 Å². The van der Waals surface area contributed by atoms with E-state index in [4.69, 9.17) is 19.1 Å². The molecule has 3 atom stereocenters. The minimum Gasteiger partial charge on any atom is -0.462 e. The van der Waals surface area contributed by atoms with Crippen LogP contribution in [0.15, 0.2) is 72.9 Å². The van der Waals surface area contributed by atoms with E-state index in [0.29, 0.717) is 12.8 Å². The Labute approximate surface area is 333 Å². The van der Waals surface area contributed by atoms with Crippen LogP contribution in [0.5, 0.6) is 0 Å². The maximum absolute atomic E-state index is 12.5. The number of phosphoric ester groups is 1. The van der Waals surface area contributed by atoms with Crippen LogP contribution in [0.1, 0.15) is 155 Å². The fraction of sp³-hybridized carbons (Fsp3) is 0.682. The molecule has 0 saturated heterocycles. The molecule has 10 nitrogen and oxygen atoms in total. The summed E-state index contributed by atoms with van der Waals surface area (Å²) in [5.74, 6) is -1.08. The molecule has 0 aliphatic carbocycles. The summed E-state index contributed by atoms with van der Waals surface area (Å²) in [6, 6.07) is 0. The summed E-state index contributed by atoms with van der Waals surface area (Å²) in [5.41, 5.74) is 0. The van der Waals surface area contributed by atoms with Crippen LogP contribution in [-0.4, -0.2) is 65.7 Å². The minimum atomic E-state index is -4.64. The molecule has 11 heteroatoms. The van der Waals surface area contributed by atoms with Gasteiger partial charge in [0.2, 0.25) is 0 Å². The standard InChI is InChI=1S/C44H75O10P/c1-3-5-7-9-11-13-15-17-19-20-22-23-25-27-29-31-33-35-43(47)51-39-42(40-53-55(49,50)52-38-41(46)37-45)54-44(48)36-34-32-30-28-26-24-21-18-16-14-12-10-8-6-4-2/h6,8,12,14,17-19,21,26,28,32,34,41-42,45-46H,3-5,7,9-11,13,15-16,20,22-25,27,29-31,33,35-40H2,1-2H3,(H,49,50)/b8-6-,14-12-,19-17-,21-18-,28-26-,34-32-. The first kappa shape index (κ1) is 52.4. The molecule has 3 unspecified atom stereocenters. The lowest BCUT2D eigenvalue weighted by Crippen LogP contribution is -2.29. The first-order chi connectivity index (χ1) is 26.7. The van der Waals surface area contributed by atoms with Gasteiger partial charge < -0.3 is 24.6 Å². The highest BCUT2D eigenvalue weighted by molar-refractivity contribution is 7.47. The van der Waals surface area contributed by atoms with Gasteiger partial charge in [0.15, 0.2) is 6.10 Å². The van der Waals surface area contributed by atoms with Crippen molar-refractivity contribution in [3.63, 3.8) is 0 Å². The molecule has 0 rings (SSSR count). The monoisotopic (exact) mass is 795 g/mol. The van der Waals surface area contributed by atoms with Crippen molar-refractivity contribution in [2.24, 2.45) is 0 Å². The second-order valence-corrected chi connectivity index (χ2v) is 15.1. The fourth-order valence-corrected chi connectivity index (χ4v) is 5.97. The number of hydrogen-bond acceptors (Lipinski definition) is 9. The maximum Gasteiger partial charge on any atom is 0.472 e. The minimum absolute atomic E-state index is 0.0517. The normalized spacial score (nSPS) is 14.6. The number of aliphatic hydroxyl groups is 2. The Hall–Kier alpha value is -2.59. The highest BCUT2D eigenvalue weighted by atomic mass is 31.2. The SMILES string of the molecule is CC/C=C\C/C=C\C/C=C\C/C=C\C/C=C\CC(=O)OC(COC(=O)CCCCCCCCC/C=C\CCCCCCCC)COP(=O)(O)OCC(O)CO. The summed E-state index contributed by atoms with van der Waals surface area (Å²) in [6.45, 7) is 2.13. The average Bonchev–Trinajstić information content (AvgIpc) is 3.17. The molecule has 55 heavy (non-hydrogen) atoms. The first-order valence-corrected chi connectivity index (χ1v) is 22.4. The average molecular weight is 795 g/mol. The molecule has 0 spiro atoms. The summed E-state index contributed by atoms with van der Waals surface area (Å²) in [7, 11) is -4.64. The molecule has 0 aliphatic heterocycles. The molecule has 0 fully saturated rings. The largest absolute Gasteiger partial charge is 0.472 e. The van der Waals surface area contributed by atoms with E-state index in [2.05, 4.69) is 67.0 Å². The number of allylic oxidation sites excluding steroid dienone is 11. The highest BCUT2D eigenvalue weighted by Crippen LogP contribution is 2.43. The van der Waals surface area contributed by atoms with Gasteiger partial charge in [-0.3, -0.25) is 18.6 Å². The van der Waals surface area contributed by atoms with Crippen molar-refractivity contribution in [2.45, 2.75) is 167 Å². The predicted octanol–water partition coefficient (Wildman–Crippen LogP) is 10.9. The number of carbonyl (C=O) groups excluding carboxylic acids is 2. The predicted molar refractivity (Wildman–Crippen MR) is 223 cm³/mol. The van der Waals surface area contributed by atoms with Crippen molar-refractivity contribution >= 4 is 19.8 Å². The third kappa shape index (κ3) is 39.4. The number of carbonyl (C=O) groups is 2. The van der Waals surface area contributed by atoms with Gasteiger partial charge in [-0.25, -0.2) is 4.57 Å². The van der Waals surface area contributed by atoms with Crippen LogP contribution in [0.25, 0.3) is 0 Å². The summed E-state index contributed by atoms with van der Waals surface area (Å²) >= 11 is 0. The molecule has 0 amide bonds. The van der Waals surface area contributed by atoms with Crippen molar-refractivity contribution < 1.29 is 47.8 Å². The second-order valence-electron chi connectivity index (χ2n) is 13.6. The van der Waals surface area contributed by atoms with Crippen molar-refractivity contribution in [1.82, 2.24) is 0 Å². The van der Waals surface area contributed by atoms with Gasteiger partial charge in [0, 0.05) is 6.42 Å². The number of phosphoric acid groups is 1. The summed E-state index contributed by atoms with van der Waals surface area (Å²) in [4.78, 5) is 34.9. The van der Waals surface area contributed by atoms with E-state index < -0.39 is 51.8 Å². The first-order valence-electron chi connectivity index (χ1n) is 20.9. The van der Waals surface area contributed by atoms with Crippen LogP contribution in [0.4, 0.5) is 0 Å². The van der Waals surface area contributed by atoms with E-state index in [-0.39, 0.29) is 19.4 Å². The van der Waals surface area contributed by atoms with Gasteiger partial charge in [-0.15, -0.1) is 0 Å². The van der Waals surface area contributed by atoms with Crippen LogP contribution in [-0.2, 0) is 32.7 Å². The van der Waals surface area contributed by atoms with E-state index in [0.717, 1.165) is 51.4 Å². The zero-order chi connectivity index (χ0) is 40.5. The van der Waals surface area contributed by atoms with Gasteiger partial charge in [0.05, 0.1) is 26.2 Å². The molecular weight excluding hydrogens is 719 g/mol. The zero-order valence-electron chi connectivity index (χ0n) is 34.1. The number of rotatable bonds is 38. The lowest BCUT2D eigenvalue weighted by molar-refractivity contribution is -0.160. The van der Waals surface area contributed by atoms with Gasteiger partial charge in [-0.1, -0.05) is 151 Å². The third-order valence-corrected chi connectivity index (χ3v) is 9.33. The molecule has 3 N–H and O–H groups in total. The topological polar surface area (TPSA) is 149 Å². The number of ether oxygens (including phenoxy) is 2. The zero-order valence-corrected chi connectivity index (χ0v) is 35.0. The highest BCUT2D eigenvalue weighted by Gasteiger charge is 2.27. The van der Waals surface area contributed by atoms with Gasteiger partial charge >= 0.3 is 19.8 Å². The van der Waals surface area contributed by atoms with E-state index in [1.807, 2.05) is 18.2 Å². The van der Waals surface area contributed by atoms with Crippen molar-refractivity contribution in [2.75, 3.05) is 26.4 Å². The summed E-state index contributed by atoms with van der Waals surface area (Å²) < 4.78 is 32.5. The van der Waals surface area contributed by atoms with E-state index >= 15 is 0 Å². The Balaban J connectivity index is 4.45. The summed E-state index contributed by atoms with van der Waals surface area (Å²) in [5, 5.41) is 18.3. The quantitative estimate of drug-likeness (QED) is 0.0239. The van der Waals surface area contributed by atoms with E-state index in [9.17, 15) is 24.2 Å². The molecule has 0 bridgehead atoms. The molecule has 0 aromatic rings. The van der Waals surface area contributed by atoms with Gasteiger partial charge in [-0.2, -0.15) is 0 Å². The van der Waals surface area contributed by atoms with E-state index in [1.54, 1.807) is 6.08 Å². The second kappa shape index (κ2) is 39.6. The maximum atomic E-state index is 12.5. The lowest BCUT2D eigenvalue weighted by Gasteiger charge is -2.20. The Kier molecular flexibility index (Phi) is 37.8. The Bertz CT molecular complexity index is 1140. The molecule has 0 heterocycles. The van der Waals surface area contributed by atoms with Crippen LogP contribution < -0.4 is 0 Å². The van der Waals surface area contributed by atoms with Crippen LogP contribution in [0.3, 0.4) is 0 Å². The van der Waals surface area contributed by atoms with Gasteiger partial charge in [0.1, 0.15) is 12.7 Å². The molecule has 0 aromatic carbocycles. The number of hydrogen-bond donors (Lipinski definition) is 3. The molecular formula is C44H75O10P. The number of esters is 2. The summed E-state index contributed by atoms with van der Waals surface area (Å²) in [6.07, 6.45) is 44.7. The Morgan fingerprint density at radius 1 is 0.582 bits per heavy atom. The van der Waals surface area contributed by atoms with Crippen LogP contribution in [0, 0.1) is 0 Å². The number of aliphatic hydroxyl groups excluding tert-OH is 2. The smallest absolute Gasteiger partial charge is 0.462 e. The molecule has 0 aromatic heterocycles. The molecule has 316 valence electrons. The molecule has 0 aliphatic rings. The van der Waals surface area contributed by atoms with Crippen molar-refractivity contribution in [3.8, 4) is 0 Å². The molecule has 0 saturated carbocycles. The van der Waals surface area contributed by atoms with E-state index in [1.165, 1.54) is 64.2 Å². The fourth-order valence-electron chi connectivity index (χ4n) is 5.18. The van der Waals surface area contributed by atoms with Gasteiger partial charge in [-0.05, 0) is 64.2 Å². The van der Waals surface area contributed by atoms with Crippen molar-refractivity contribution in [1.29, 1.82) is 0 Å². The third-order valence-electron chi connectivity index (χ3n) is 8.38. The lowest BCUT2D eigenvalue weighted by atomic mass is 10.1. The van der Waals surface area contributed by atoms with Crippen LogP contribution in [0.2, 0.25) is 0 Å². The Morgan fingerprint density at radius 3 is 1.58 bits per heavy atom. The number of unbranched alkanes of at least 4 members (excludes halogenated alkanes) is 13. The van der Waals surface area contributed by atoms with Crippen LogP contribution >= 0.6 is 7.82 Å².